The zero-order chi connectivity index (χ0) is 7.90. The predicted octanol–water partition coefficient (Wildman–Crippen LogP) is 1.29. The molecular weight excluding hydrogens is 142 g/mol. The number of alkyl carbamates (subject to hydrolysis) is 1. The average Bonchev–Trinajstić information content (AvgIpc) is 1.84. The zero-order valence-corrected chi connectivity index (χ0v) is 6.72. The summed E-state index contributed by atoms with van der Waals surface area (Å²) in [5, 5.41) is 2.66. The summed E-state index contributed by atoms with van der Waals surface area (Å²) >= 11 is 0. The Morgan fingerprint density at radius 3 is 2.91 bits per heavy atom. The first-order valence-corrected chi connectivity index (χ1v) is 4.17. The van der Waals surface area contributed by atoms with Crippen LogP contribution in [0.1, 0.15) is 26.2 Å². The molecular formula is C8H13NO2. The Morgan fingerprint density at radius 2 is 2.36 bits per heavy atom. The molecule has 1 heterocycles. The summed E-state index contributed by atoms with van der Waals surface area (Å²) in [7, 11) is 0. The molecule has 3 nitrogen and oxygen atoms in total. The second-order valence-electron chi connectivity index (χ2n) is 3.76. The molecule has 0 aromatic carbocycles. The summed E-state index contributed by atoms with van der Waals surface area (Å²) in [6.07, 6.45) is 2.87. The highest BCUT2D eigenvalue weighted by atomic mass is 16.6. The molecule has 0 unspecified atom stereocenters. The van der Waals surface area contributed by atoms with Gasteiger partial charge in [0.2, 0.25) is 0 Å². The number of rotatable bonds is 0. The van der Waals surface area contributed by atoms with Gasteiger partial charge in [0, 0.05) is 13.0 Å². The molecule has 1 spiro atoms. The SMILES string of the molecule is CC1CC2(CCNC(=O)O2)C1. The lowest BCUT2D eigenvalue weighted by atomic mass is 9.69. The first-order chi connectivity index (χ1) is 5.20. The van der Waals surface area contributed by atoms with E-state index in [-0.39, 0.29) is 11.7 Å². The average molecular weight is 155 g/mol. The van der Waals surface area contributed by atoms with Gasteiger partial charge in [-0.25, -0.2) is 4.79 Å². The summed E-state index contributed by atoms with van der Waals surface area (Å²) < 4.78 is 5.23. The molecule has 0 aromatic rings. The number of amides is 1. The smallest absolute Gasteiger partial charge is 0.407 e. The summed E-state index contributed by atoms with van der Waals surface area (Å²) in [5.41, 5.74) is -0.0677. The molecule has 0 radical (unpaired) electrons. The molecule has 0 bridgehead atoms. The first kappa shape index (κ1) is 6.95. The van der Waals surface area contributed by atoms with Crippen LogP contribution in [0.25, 0.3) is 0 Å². The highest BCUT2D eigenvalue weighted by Gasteiger charge is 2.46. The van der Waals surface area contributed by atoms with Crippen LogP contribution in [-0.2, 0) is 4.74 Å². The number of carbonyl (C=O) groups excluding carboxylic acids is 1. The summed E-state index contributed by atoms with van der Waals surface area (Å²) in [6, 6.07) is 0. The van der Waals surface area contributed by atoms with E-state index < -0.39 is 0 Å². The highest BCUT2D eigenvalue weighted by Crippen LogP contribution is 2.43. The van der Waals surface area contributed by atoms with E-state index in [0.717, 1.165) is 31.7 Å². The van der Waals surface area contributed by atoms with Crippen molar-refractivity contribution < 1.29 is 9.53 Å². The minimum absolute atomic E-state index is 0.0677. The third kappa shape index (κ3) is 1.08. The van der Waals surface area contributed by atoms with Crippen molar-refractivity contribution in [3.05, 3.63) is 0 Å². The molecule has 62 valence electrons. The van der Waals surface area contributed by atoms with Crippen LogP contribution in [0.4, 0.5) is 4.79 Å². The molecule has 3 heteroatoms. The Hall–Kier alpha value is -0.730. The van der Waals surface area contributed by atoms with Gasteiger partial charge in [-0.1, -0.05) is 6.92 Å². The minimum Gasteiger partial charge on any atom is -0.443 e. The fourth-order valence-electron chi connectivity index (χ4n) is 2.17. The van der Waals surface area contributed by atoms with E-state index in [4.69, 9.17) is 4.74 Å². The van der Waals surface area contributed by atoms with Gasteiger partial charge in [-0.15, -0.1) is 0 Å². The second-order valence-corrected chi connectivity index (χ2v) is 3.76. The minimum atomic E-state index is -0.233. The zero-order valence-electron chi connectivity index (χ0n) is 6.72. The van der Waals surface area contributed by atoms with E-state index in [2.05, 4.69) is 12.2 Å². The Morgan fingerprint density at radius 1 is 1.64 bits per heavy atom. The molecule has 2 rings (SSSR count). The van der Waals surface area contributed by atoms with Crippen LogP contribution in [0.5, 0.6) is 0 Å². The maximum Gasteiger partial charge on any atom is 0.407 e. The molecule has 1 aliphatic carbocycles. The largest absolute Gasteiger partial charge is 0.443 e. The molecule has 2 aliphatic rings. The number of hydrogen-bond acceptors (Lipinski definition) is 2. The molecule has 1 saturated heterocycles. The second kappa shape index (κ2) is 2.13. The molecule has 0 atom stereocenters. The molecule has 11 heavy (non-hydrogen) atoms. The fraction of sp³-hybridized carbons (Fsp3) is 0.875. The van der Waals surface area contributed by atoms with Crippen molar-refractivity contribution in [2.24, 2.45) is 5.92 Å². The van der Waals surface area contributed by atoms with Crippen molar-refractivity contribution in [2.75, 3.05) is 6.54 Å². The standard InChI is InChI=1S/C8H13NO2/c1-6-4-8(5-6)2-3-9-7(10)11-8/h6H,2-5H2,1H3,(H,9,10). The molecule has 1 saturated carbocycles. The third-order valence-corrected chi connectivity index (χ3v) is 2.60. The molecule has 1 aliphatic heterocycles. The van der Waals surface area contributed by atoms with Gasteiger partial charge in [-0.3, -0.25) is 0 Å². The maximum atomic E-state index is 10.8. The van der Waals surface area contributed by atoms with Crippen LogP contribution in [-0.4, -0.2) is 18.2 Å². The monoisotopic (exact) mass is 155 g/mol. The number of ether oxygens (including phenoxy) is 1. The van der Waals surface area contributed by atoms with Crippen LogP contribution >= 0.6 is 0 Å². The molecule has 1 N–H and O–H groups in total. The molecule has 1 amide bonds. The van der Waals surface area contributed by atoms with Crippen LogP contribution in [0.3, 0.4) is 0 Å². The number of hydrogen-bond donors (Lipinski definition) is 1. The van der Waals surface area contributed by atoms with E-state index in [9.17, 15) is 4.79 Å². The van der Waals surface area contributed by atoms with Gasteiger partial charge < -0.3 is 10.1 Å². The number of nitrogens with one attached hydrogen (secondary N) is 1. The Balaban J connectivity index is 1.98. The maximum absolute atomic E-state index is 10.8. The van der Waals surface area contributed by atoms with Gasteiger partial charge in [0.1, 0.15) is 5.60 Å². The van der Waals surface area contributed by atoms with Gasteiger partial charge in [0.05, 0.1) is 0 Å². The summed E-state index contributed by atoms with van der Waals surface area (Å²) in [5.74, 6) is 0.737. The quantitative estimate of drug-likeness (QED) is 0.572. The van der Waals surface area contributed by atoms with Crippen molar-refractivity contribution in [3.8, 4) is 0 Å². The lowest BCUT2D eigenvalue weighted by Gasteiger charge is -2.47. The number of carbonyl (C=O) groups is 1. The van der Waals surface area contributed by atoms with Gasteiger partial charge in [0.15, 0.2) is 0 Å². The van der Waals surface area contributed by atoms with Gasteiger partial charge in [-0.05, 0) is 18.8 Å². The van der Waals surface area contributed by atoms with E-state index in [1.165, 1.54) is 0 Å². The van der Waals surface area contributed by atoms with Crippen LogP contribution in [0.15, 0.2) is 0 Å². The van der Waals surface area contributed by atoms with Crippen molar-refractivity contribution in [2.45, 2.75) is 31.8 Å². The molecule has 2 fully saturated rings. The molecule has 0 aromatic heterocycles. The Labute approximate surface area is 66.1 Å². The predicted molar refractivity (Wildman–Crippen MR) is 40.2 cm³/mol. The van der Waals surface area contributed by atoms with E-state index in [1.54, 1.807) is 0 Å². The van der Waals surface area contributed by atoms with Crippen molar-refractivity contribution in [1.29, 1.82) is 0 Å². The third-order valence-electron chi connectivity index (χ3n) is 2.60. The Bertz CT molecular complexity index is 179. The van der Waals surface area contributed by atoms with Crippen molar-refractivity contribution >= 4 is 6.09 Å². The lowest BCUT2D eigenvalue weighted by molar-refractivity contribution is -0.0942. The van der Waals surface area contributed by atoms with Crippen molar-refractivity contribution in [3.63, 3.8) is 0 Å². The normalized spacial score (nSPS) is 42.6. The van der Waals surface area contributed by atoms with Crippen LogP contribution < -0.4 is 5.32 Å². The summed E-state index contributed by atoms with van der Waals surface area (Å²) in [6.45, 7) is 2.98. The van der Waals surface area contributed by atoms with E-state index in [1.807, 2.05) is 0 Å². The summed E-state index contributed by atoms with van der Waals surface area (Å²) in [4.78, 5) is 10.8. The van der Waals surface area contributed by atoms with Gasteiger partial charge in [0.25, 0.3) is 0 Å². The lowest BCUT2D eigenvalue weighted by Crippen LogP contribution is -2.54. The topological polar surface area (TPSA) is 38.3 Å². The first-order valence-electron chi connectivity index (χ1n) is 4.17. The van der Waals surface area contributed by atoms with Gasteiger partial charge in [-0.2, -0.15) is 0 Å². The van der Waals surface area contributed by atoms with Crippen molar-refractivity contribution in [1.82, 2.24) is 5.32 Å². The van der Waals surface area contributed by atoms with Crippen LogP contribution in [0, 0.1) is 5.92 Å². The fourth-order valence-corrected chi connectivity index (χ4v) is 2.17. The Kier molecular flexibility index (Phi) is 1.34. The van der Waals surface area contributed by atoms with Gasteiger partial charge >= 0.3 is 6.09 Å². The van der Waals surface area contributed by atoms with E-state index >= 15 is 0 Å². The highest BCUT2D eigenvalue weighted by molar-refractivity contribution is 5.68. The van der Waals surface area contributed by atoms with E-state index in [0.29, 0.717) is 0 Å². The van der Waals surface area contributed by atoms with Crippen LogP contribution in [0.2, 0.25) is 0 Å².